The van der Waals surface area contributed by atoms with Crippen molar-refractivity contribution in [3.05, 3.63) is 54.0 Å². The van der Waals surface area contributed by atoms with Crippen molar-refractivity contribution in [1.29, 1.82) is 5.26 Å². The van der Waals surface area contributed by atoms with E-state index in [0.717, 1.165) is 43.3 Å². The fourth-order valence-electron chi connectivity index (χ4n) is 3.95. The number of hydrogen-bond acceptors (Lipinski definition) is 9. The molecule has 1 aliphatic rings. The Morgan fingerprint density at radius 2 is 1.97 bits per heavy atom. The summed E-state index contributed by atoms with van der Waals surface area (Å²) in [4.78, 5) is 7.80. The van der Waals surface area contributed by atoms with Gasteiger partial charge in [0.1, 0.15) is 0 Å². The van der Waals surface area contributed by atoms with Crippen molar-refractivity contribution in [3.63, 3.8) is 0 Å². The molecule has 11 nitrogen and oxygen atoms in total. The molecule has 1 unspecified atom stereocenters. The number of rotatable bonds is 5. The Bertz CT molecular complexity index is 1320. The van der Waals surface area contributed by atoms with Gasteiger partial charge >= 0.3 is 0 Å². The minimum atomic E-state index is -0.168. The van der Waals surface area contributed by atoms with Crippen LogP contribution in [0.1, 0.15) is 37.2 Å². The third-order valence-corrected chi connectivity index (χ3v) is 5.70. The Morgan fingerprint density at radius 3 is 2.82 bits per heavy atom. The lowest BCUT2D eigenvalue weighted by atomic mass is 10.2. The number of nitrogens with zero attached hydrogens (tertiary/aromatic N) is 10. The van der Waals surface area contributed by atoms with Crippen molar-refractivity contribution in [3.8, 4) is 29.0 Å². The second-order valence-electron chi connectivity index (χ2n) is 7.74. The molecular formula is C22H22N10O. The molecule has 5 rings (SSSR count). The van der Waals surface area contributed by atoms with Crippen molar-refractivity contribution >= 4 is 5.95 Å². The van der Waals surface area contributed by atoms with Crippen LogP contribution in [0.5, 0.6) is 5.88 Å². The quantitative estimate of drug-likeness (QED) is 0.458. The average molecular weight is 442 g/mol. The van der Waals surface area contributed by atoms with Crippen LogP contribution < -0.4 is 9.64 Å². The van der Waals surface area contributed by atoms with Crippen LogP contribution in [-0.2, 0) is 6.54 Å². The van der Waals surface area contributed by atoms with Gasteiger partial charge in [0.15, 0.2) is 11.6 Å². The van der Waals surface area contributed by atoms with Crippen molar-refractivity contribution < 1.29 is 4.74 Å². The molecule has 4 heterocycles. The third-order valence-electron chi connectivity index (χ3n) is 5.70. The second-order valence-corrected chi connectivity index (χ2v) is 7.74. The first-order chi connectivity index (χ1) is 16.2. The van der Waals surface area contributed by atoms with Crippen molar-refractivity contribution in [2.75, 3.05) is 18.6 Å². The monoisotopic (exact) mass is 442 g/mol. The first kappa shape index (κ1) is 20.6. The Kier molecular flexibility index (Phi) is 5.40. The number of anilines is 1. The molecule has 11 heteroatoms. The normalized spacial score (nSPS) is 14.3. The van der Waals surface area contributed by atoms with Gasteiger partial charge in [-0.2, -0.15) is 5.26 Å². The molecule has 0 aliphatic carbocycles. The minimum absolute atomic E-state index is 0.168. The summed E-state index contributed by atoms with van der Waals surface area (Å²) in [6.07, 6.45) is 3.71. The number of aromatic nitrogens is 8. The van der Waals surface area contributed by atoms with Gasteiger partial charge in [-0.15, -0.1) is 25.2 Å². The van der Waals surface area contributed by atoms with Gasteiger partial charge in [0.05, 0.1) is 30.5 Å². The number of nitriles is 1. The van der Waals surface area contributed by atoms with Gasteiger partial charge in [-0.1, -0.05) is 6.07 Å². The number of tetrazole rings is 1. The molecule has 3 aromatic heterocycles. The zero-order valence-corrected chi connectivity index (χ0v) is 18.3. The van der Waals surface area contributed by atoms with E-state index in [1.807, 2.05) is 25.1 Å². The van der Waals surface area contributed by atoms with Crippen molar-refractivity contribution in [2.24, 2.45) is 0 Å². The summed E-state index contributed by atoms with van der Waals surface area (Å²) in [6, 6.07) is 12.8. The first-order valence-electron chi connectivity index (χ1n) is 10.7. The highest BCUT2D eigenvalue weighted by Crippen LogP contribution is 2.31. The molecule has 1 aliphatic heterocycles. The van der Waals surface area contributed by atoms with Gasteiger partial charge in [0.25, 0.3) is 0 Å². The Hall–Kier alpha value is -4.33. The van der Waals surface area contributed by atoms with E-state index < -0.39 is 0 Å². The smallest absolute Gasteiger partial charge is 0.228 e. The molecule has 0 spiro atoms. The molecule has 0 bridgehead atoms. The number of fused-ring (bicyclic) bond motifs is 1. The lowest BCUT2D eigenvalue weighted by Gasteiger charge is -2.26. The molecule has 0 fully saturated rings. The van der Waals surface area contributed by atoms with Gasteiger partial charge in [-0.3, -0.25) is 4.57 Å². The van der Waals surface area contributed by atoms with Crippen LogP contribution in [0.4, 0.5) is 5.95 Å². The molecule has 1 aromatic carbocycles. The zero-order chi connectivity index (χ0) is 22.8. The van der Waals surface area contributed by atoms with Crippen LogP contribution in [0, 0.1) is 11.3 Å². The topological polar surface area (TPSA) is 123 Å². The number of methoxy groups -OCH3 is 1. The van der Waals surface area contributed by atoms with Crippen LogP contribution in [-0.4, -0.2) is 53.6 Å². The summed E-state index contributed by atoms with van der Waals surface area (Å²) in [5.41, 5.74) is 2.13. The average Bonchev–Trinajstić information content (AvgIpc) is 3.47. The zero-order valence-electron chi connectivity index (χ0n) is 18.3. The summed E-state index contributed by atoms with van der Waals surface area (Å²) in [7, 11) is 1.59. The van der Waals surface area contributed by atoms with Gasteiger partial charge in [-0.25, -0.2) is 4.98 Å². The van der Waals surface area contributed by atoms with Crippen LogP contribution in [0.2, 0.25) is 0 Å². The lowest BCUT2D eigenvalue weighted by molar-refractivity contribution is 0.398. The summed E-state index contributed by atoms with van der Waals surface area (Å²) in [6.45, 7) is 3.65. The first-order valence-corrected chi connectivity index (χ1v) is 10.7. The Morgan fingerprint density at radius 1 is 1.09 bits per heavy atom. The van der Waals surface area contributed by atoms with Gasteiger partial charge in [0, 0.05) is 30.9 Å². The minimum Gasteiger partial charge on any atom is -0.481 e. The van der Waals surface area contributed by atoms with E-state index in [1.165, 1.54) is 4.80 Å². The highest BCUT2D eigenvalue weighted by atomic mass is 16.5. The maximum Gasteiger partial charge on any atom is 0.228 e. The standard InChI is InChI=1S/C22H22N10O/c1-15(20-25-29-32(28-20)18-7-5-6-16(12-18)14-23)30-10-3-4-11-31-21(26-27-22(30)31)17-8-9-24-19(13-17)33-2/h5-9,12-13,15H,3-4,10-11H2,1-2H3. The molecule has 0 N–H and O–H groups in total. The Balaban J connectivity index is 1.47. The summed E-state index contributed by atoms with van der Waals surface area (Å²) in [5.74, 6) is 2.65. The van der Waals surface area contributed by atoms with Gasteiger partial charge in [-0.05, 0) is 49.2 Å². The van der Waals surface area contributed by atoms with Gasteiger partial charge < -0.3 is 9.64 Å². The largest absolute Gasteiger partial charge is 0.481 e. The number of ether oxygens (including phenoxy) is 1. The molecule has 0 amide bonds. The van der Waals surface area contributed by atoms with Crippen LogP contribution in [0.15, 0.2) is 42.6 Å². The lowest BCUT2D eigenvalue weighted by Crippen LogP contribution is -2.30. The molecule has 1 atom stereocenters. The molecule has 0 saturated heterocycles. The predicted octanol–water partition coefficient (Wildman–Crippen LogP) is 2.56. The second kappa shape index (κ2) is 8.66. The summed E-state index contributed by atoms with van der Waals surface area (Å²) >= 11 is 0. The van der Waals surface area contributed by atoms with Gasteiger partial charge in [0.2, 0.25) is 11.8 Å². The van der Waals surface area contributed by atoms with E-state index in [1.54, 1.807) is 31.5 Å². The number of benzene rings is 1. The van der Waals surface area contributed by atoms with Crippen LogP contribution in [0.25, 0.3) is 17.1 Å². The highest BCUT2D eigenvalue weighted by Gasteiger charge is 2.28. The molecule has 0 radical (unpaired) electrons. The number of hydrogen-bond donors (Lipinski definition) is 0. The van der Waals surface area contributed by atoms with E-state index in [4.69, 9.17) is 10.00 Å². The maximum atomic E-state index is 9.16. The maximum absolute atomic E-state index is 9.16. The SMILES string of the molecule is COc1cc(-c2nnc3n2CCCCN3C(C)c2nnn(-c3cccc(C#N)c3)n2)ccn1. The third kappa shape index (κ3) is 3.87. The number of pyridine rings is 1. The molecular weight excluding hydrogens is 420 g/mol. The summed E-state index contributed by atoms with van der Waals surface area (Å²) in [5, 5.41) is 31.2. The molecule has 4 aromatic rings. The van der Waals surface area contributed by atoms with E-state index in [-0.39, 0.29) is 6.04 Å². The highest BCUT2D eigenvalue weighted by molar-refractivity contribution is 5.59. The molecule has 33 heavy (non-hydrogen) atoms. The fourth-order valence-corrected chi connectivity index (χ4v) is 3.95. The van der Waals surface area contributed by atoms with Crippen molar-refractivity contribution in [1.82, 2.24) is 40.0 Å². The van der Waals surface area contributed by atoms with E-state index in [9.17, 15) is 0 Å². The van der Waals surface area contributed by atoms with E-state index in [0.29, 0.717) is 23.0 Å². The summed E-state index contributed by atoms with van der Waals surface area (Å²) < 4.78 is 7.39. The molecule has 0 saturated carbocycles. The fraction of sp³-hybridized carbons (Fsp3) is 0.318. The van der Waals surface area contributed by atoms with E-state index >= 15 is 0 Å². The Labute approximate surface area is 190 Å². The van der Waals surface area contributed by atoms with E-state index in [2.05, 4.69) is 46.1 Å². The van der Waals surface area contributed by atoms with Crippen molar-refractivity contribution in [2.45, 2.75) is 32.4 Å². The molecule has 166 valence electrons. The predicted molar refractivity (Wildman–Crippen MR) is 119 cm³/mol. The van der Waals surface area contributed by atoms with Crippen LogP contribution in [0.3, 0.4) is 0 Å². The van der Waals surface area contributed by atoms with Crippen LogP contribution >= 0.6 is 0 Å².